The highest BCUT2D eigenvalue weighted by molar-refractivity contribution is 5.95. The van der Waals surface area contributed by atoms with E-state index in [2.05, 4.69) is 4.98 Å². The Bertz CT molecular complexity index is 1210. The van der Waals surface area contributed by atoms with E-state index in [-0.39, 0.29) is 6.42 Å². The summed E-state index contributed by atoms with van der Waals surface area (Å²) in [5.41, 5.74) is 5.53. The molecular weight excluding hydrogens is 390 g/mol. The van der Waals surface area contributed by atoms with Crippen molar-refractivity contribution >= 4 is 16.9 Å². The number of carbonyl (C=O) groups is 1. The summed E-state index contributed by atoms with van der Waals surface area (Å²) in [7, 11) is 0. The number of benzene rings is 3. The first-order chi connectivity index (χ1) is 15.1. The van der Waals surface area contributed by atoms with Gasteiger partial charge in [0.05, 0.1) is 18.7 Å². The quantitative estimate of drug-likeness (QED) is 0.384. The molecule has 3 aromatic carbocycles. The fourth-order valence-electron chi connectivity index (χ4n) is 3.79. The summed E-state index contributed by atoms with van der Waals surface area (Å²) in [4.78, 5) is 15.0. The predicted octanol–water partition coefficient (Wildman–Crippen LogP) is 5.75. The minimum atomic E-state index is -0.864. The third-order valence-corrected chi connectivity index (χ3v) is 5.25. The van der Waals surface area contributed by atoms with Crippen molar-refractivity contribution in [1.82, 2.24) is 4.98 Å². The van der Waals surface area contributed by atoms with E-state index in [0.717, 1.165) is 38.9 Å². The second-order valence-corrected chi connectivity index (χ2v) is 7.42. The zero-order chi connectivity index (χ0) is 21.8. The first kappa shape index (κ1) is 20.5. The van der Waals surface area contributed by atoms with Crippen molar-refractivity contribution in [2.24, 2.45) is 0 Å². The van der Waals surface area contributed by atoms with Crippen molar-refractivity contribution < 1.29 is 19.4 Å². The molecule has 158 valence electrons. The second-order valence-electron chi connectivity index (χ2n) is 7.42. The van der Waals surface area contributed by atoms with Crippen LogP contribution in [0.2, 0.25) is 0 Å². The summed E-state index contributed by atoms with van der Waals surface area (Å²) in [6.07, 6.45) is -0.0605. The van der Waals surface area contributed by atoms with Gasteiger partial charge in [0.2, 0.25) is 0 Å². The lowest BCUT2D eigenvalue weighted by atomic mass is 10.0. The molecule has 0 amide bonds. The van der Waals surface area contributed by atoms with E-state index in [1.165, 1.54) is 0 Å². The van der Waals surface area contributed by atoms with Crippen molar-refractivity contribution in [2.45, 2.75) is 26.9 Å². The van der Waals surface area contributed by atoms with Gasteiger partial charge in [0, 0.05) is 16.5 Å². The van der Waals surface area contributed by atoms with E-state index in [1.54, 1.807) is 0 Å². The molecule has 1 aromatic heterocycles. The topological polar surface area (TPSA) is 71.6 Å². The molecule has 4 aromatic rings. The van der Waals surface area contributed by atoms with E-state index in [4.69, 9.17) is 9.47 Å². The lowest BCUT2D eigenvalue weighted by molar-refractivity contribution is -0.136. The first-order valence-corrected chi connectivity index (χ1v) is 10.3. The second kappa shape index (κ2) is 8.96. The van der Waals surface area contributed by atoms with Crippen LogP contribution in [0, 0.1) is 6.92 Å². The van der Waals surface area contributed by atoms with Gasteiger partial charge in [0.1, 0.15) is 6.61 Å². The van der Waals surface area contributed by atoms with Crippen LogP contribution in [0.3, 0.4) is 0 Å². The number of carboxylic acid groups (broad SMARTS) is 1. The first-order valence-electron chi connectivity index (χ1n) is 10.3. The van der Waals surface area contributed by atoms with Crippen molar-refractivity contribution in [1.29, 1.82) is 0 Å². The number of fused-ring (bicyclic) bond motifs is 1. The molecular formula is C26H25NO4. The number of carboxylic acids is 1. The van der Waals surface area contributed by atoms with Crippen LogP contribution in [-0.2, 0) is 17.8 Å². The van der Waals surface area contributed by atoms with Gasteiger partial charge in [-0.25, -0.2) is 0 Å². The fraction of sp³-hybridized carbons (Fsp3) is 0.192. The number of aryl methyl sites for hydroxylation is 1. The zero-order valence-corrected chi connectivity index (χ0v) is 17.6. The van der Waals surface area contributed by atoms with Crippen molar-refractivity contribution in [3.05, 3.63) is 83.4 Å². The van der Waals surface area contributed by atoms with E-state index < -0.39 is 5.97 Å². The lowest BCUT2D eigenvalue weighted by Crippen LogP contribution is -2.02. The standard InChI is InChI=1S/C26H25NO4/c1-3-30-23-14-19(12-13-22(23)31-16-18-9-5-4-6-10-18)26-21(15-24(28)29)20-11-7-8-17(2)25(20)27-26/h4-14,27H,3,15-16H2,1-2H3,(H,28,29). The third-order valence-electron chi connectivity index (χ3n) is 5.25. The molecule has 0 atom stereocenters. The number of hydrogen-bond donors (Lipinski definition) is 2. The molecule has 5 nitrogen and oxygen atoms in total. The van der Waals surface area contributed by atoms with Gasteiger partial charge >= 0.3 is 5.97 Å². The monoisotopic (exact) mass is 415 g/mol. The van der Waals surface area contributed by atoms with Crippen LogP contribution in [0.25, 0.3) is 22.2 Å². The number of H-pyrrole nitrogens is 1. The Morgan fingerprint density at radius 3 is 2.52 bits per heavy atom. The molecule has 0 bridgehead atoms. The molecule has 0 fully saturated rings. The maximum Gasteiger partial charge on any atom is 0.307 e. The summed E-state index contributed by atoms with van der Waals surface area (Å²) in [6.45, 7) is 4.88. The van der Waals surface area contributed by atoms with Crippen molar-refractivity contribution in [3.63, 3.8) is 0 Å². The average molecular weight is 415 g/mol. The highest BCUT2D eigenvalue weighted by atomic mass is 16.5. The molecule has 2 N–H and O–H groups in total. The number of aromatic amines is 1. The van der Waals surface area contributed by atoms with Crippen LogP contribution in [0.4, 0.5) is 0 Å². The van der Waals surface area contributed by atoms with Gasteiger partial charge in [-0.1, -0.05) is 48.5 Å². The Labute approximate surface area is 181 Å². The SMILES string of the molecule is CCOc1cc(-c2[nH]c3c(C)cccc3c2CC(=O)O)ccc1OCc1ccccc1. The van der Waals surface area contributed by atoms with Crippen molar-refractivity contribution in [3.8, 4) is 22.8 Å². The molecule has 0 aliphatic heterocycles. The van der Waals surface area contributed by atoms with Crippen molar-refractivity contribution in [2.75, 3.05) is 6.61 Å². The fourth-order valence-corrected chi connectivity index (χ4v) is 3.79. The van der Waals surface area contributed by atoms with Crippen LogP contribution in [0.15, 0.2) is 66.7 Å². The number of nitrogens with one attached hydrogen (secondary N) is 1. The normalized spacial score (nSPS) is 10.9. The molecule has 0 aliphatic rings. The lowest BCUT2D eigenvalue weighted by Gasteiger charge is -2.14. The summed E-state index contributed by atoms with van der Waals surface area (Å²) in [5.74, 6) is 0.422. The summed E-state index contributed by atoms with van der Waals surface area (Å²) >= 11 is 0. The Morgan fingerprint density at radius 2 is 1.77 bits per heavy atom. The molecule has 0 unspecified atom stereocenters. The molecule has 4 rings (SSSR count). The van der Waals surface area contributed by atoms with Crippen LogP contribution in [0.1, 0.15) is 23.6 Å². The average Bonchev–Trinajstić information content (AvgIpc) is 3.13. The number of ether oxygens (including phenoxy) is 2. The van der Waals surface area contributed by atoms with Gasteiger partial charge in [0.25, 0.3) is 0 Å². The number of para-hydroxylation sites is 1. The van der Waals surface area contributed by atoms with E-state index >= 15 is 0 Å². The smallest absolute Gasteiger partial charge is 0.307 e. The Hall–Kier alpha value is -3.73. The third kappa shape index (κ3) is 4.40. The molecule has 0 radical (unpaired) electrons. The maximum atomic E-state index is 11.6. The van der Waals surface area contributed by atoms with Crippen LogP contribution >= 0.6 is 0 Å². The number of hydrogen-bond acceptors (Lipinski definition) is 3. The highest BCUT2D eigenvalue weighted by Gasteiger charge is 2.18. The van der Waals surface area contributed by atoms with Gasteiger partial charge < -0.3 is 19.6 Å². The van der Waals surface area contributed by atoms with Crippen LogP contribution in [0.5, 0.6) is 11.5 Å². The largest absolute Gasteiger partial charge is 0.490 e. The van der Waals surface area contributed by atoms with E-state index in [1.807, 2.05) is 80.6 Å². The molecule has 5 heteroatoms. The summed E-state index contributed by atoms with van der Waals surface area (Å²) in [6, 6.07) is 21.6. The number of aliphatic carboxylic acids is 1. The number of rotatable bonds is 8. The molecule has 1 heterocycles. The van der Waals surface area contributed by atoms with Crippen LogP contribution < -0.4 is 9.47 Å². The summed E-state index contributed by atoms with van der Waals surface area (Å²) in [5, 5.41) is 10.4. The van der Waals surface area contributed by atoms with Gasteiger partial charge in [-0.05, 0) is 48.7 Å². The van der Waals surface area contributed by atoms with E-state index in [0.29, 0.717) is 24.7 Å². The van der Waals surface area contributed by atoms with Gasteiger partial charge in [0.15, 0.2) is 11.5 Å². The van der Waals surface area contributed by atoms with Gasteiger partial charge in [-0.2, -0.15) is 0 Å². The highest BCUT2D eigenvalue weighted by Crippen LogP contribution is 2.37. The molecule has 31 heavy (non-hydrogen) atoms. The molecule has 0 aliphatic carbocycles. The Morgan fingerprint density at radius 1 is 0.968 bits per heavy atom. The molecule has 0 spiro atoms. The molecule has 0 saturated carbocycles. The van der Waals surface area contributed by atoms with Gasteiger partial charge in [-0.3, -0.25) is 4.79 Å². The molecule has 0 saturated heterocycles. The van der Waals surface area contributed by atoms with E-state index in [9.17, 15) is 9.90 Å². The summed E-state index contributed by atoms with van der Waals surface area (Å²) < 4.78 is 11.9. The van der Waals surface area contributed by atoms with Gasteiger partial charge in [-0.15, -0.1) is 0 Å². The maximum absolute atomic E-state index is 11.6. The minimum Gasteiger partial charge on any atom is -0.490 e. The predicted molar refractivity (Wildman–Crippen MR) is 122 cm³/mol. The Balaban J connectivity index is 1.74. The zero-order valence-electron chi connectivity index (χ0n) is 17.6. The number of aromatic nitrogens is 1. The minimum absolute atomic E-state index is 0.0605. The van der Waals surface area contributed by atoms with Crippen LogP contribution in [-0.4, -0.2) is 22.7 Å². The Kier molecular flexibility index (Phi) is 5.94.